The van der Waals surface area contributed by atoms with Gasteiger partial charge in [-0.25, -0.2) is 0 Å². The summed E-state index contributed by atoms with van der Waals surface area (Å²) in [4.78, 5) is 11.2. The number of fused-ring (bicyclic) bond motifs is 10. The first kappa shape index (κ1) is 36.9. The summed E-state index contributed by atoms with van der Waals surface area (Å²) in [6, 6.07) is 77.9. The second-order valence-corrected chi connectivity index (χ2v) is 17.0. The minimum atomic E-state index is 1.08. The van der Waals surface area contributed by atoms with E-state index in [4.69, 9.17) is 0 Å². The first-order chi connectivity index (χ1) is 32.2. The van der Waals surface area contributed by atoms with Crippen LogP contribution in [0.4, 0.5) is 17.1 Å². The smallest absolute Gasteiger partial charge is 0.0468 e. The molecule has 11 aromatic carbocycles. The lowest BCUT2D eigenvalue weighted by molar-refractivity contribution is 1.29. The van der Waals surface area contributed by atoms with Crippen LogP contribution in [0, 0.1) is 0 Å². The predicted molar refractivity (Wildman–Crippen MR) is 276 cm³/mol. The Morgan fingerprint density at radius 2 is 0.723 bits per heavy atom. The Kier molecular flexibility index (Phi) is 8.53. The average molecular weight is 826 g/mol. The van der Waals surface area contributed by atoms with Gasteiger partial charge in [-0.15, -0.1) is 0 Å². The van der Waals surface area contributed by atoms with Crippen LogP contribution in [0.25, 0.3) is 109 Å². The molecule has 13 aromatic rings. The van der Waals surface area contributed by atoms with E-state index in [1.54, 1.807) is 0 Å². The van der Waals surface area contributed by atoms with Crippen LogP contribution in [0.2, 0.25) is 0 Å². The fourth-order valence-electron chi connectivity index (χ4n) is 10.2. The molecule has 0 saturated carbocycles. The van der Waals surface area contributed by atoms with E-state index in [0.29, 0.717) is 0 Å². The summed E-state index contributed by atoms with van der Waals surface area (Å²) in [6.45, 7) is 0. The lowest BCUT2D eigenvalue weighted by atomic mass is 9.94. The lowest BCUT2D eigenvalue weighted by Gasteiger charge is -2.26. The van der Waals surface area contributed by atoms with E-state index in [9.17, 15) is 0 Å². The molecule has 65 heavy (non-hydrogen) atoms. The van der Waals surface area contributed by atoms with Crippen molar-refractivity contribution in [3.05, 3.63) is 237 Å². The molecule has 0 atom stereocenters. The highest BCUT2D eigenvalue weighted by atomic mass is 15.1. The monoisotopic (exact) mass is 825 g/mol. The van der Waals surface area contributed by atoms with Gasteiger partial charge in [0.1, 0.15) is 0 Å². The van der Waals surface area contributed by atoms with E-state index in [-0.39, 0.29) is 0 Å². The molecule has 0 N–H and O–H groups in total. The number of rotatable bonds is 6. The maximum atomic E-state index is 4.47. The number of anilines is 3. The summed E-state index contributed by atoms with van der Waals surface area (Å²) < 4.78 is 0. The molecule has 0 aliphatic carbocycles. The summed E-state index contributed by atoms with van der Waals surface area (Å²) >= 11 is 0. The molecule has 2 heterocycles. The van der Waals surface area contributed by atoms with Gasteiger partial charge in [-0.05, 0) is 165 Å². The molecule has 0 bridgehead atoms. The zero-order chi connectivity index (χ0) is 42.8. The van der Waals surface area contributed by atoms with Crippen molar-refractivity contribution in [1.82, 2.24) is 9.97 Å². The Bertz CT molecular complexity index is 4000. The molecule has 0 spiro atoms. The third kappa shape index (κ3) is 6.28. The third-order valence-corrected chi connectivity index (χ3v) is 13.4. The van der Waals surface area contributed by atoms with Crippen molar-refractivity contribution in [1.29, 1.82) is 0 Å². The van der Waals surface area contributed by atoms with Crippen LogP contribution >= 0.6 is 0 Å². The van der Waals surface area contributed by atoms with Crippen LogP contribution < -0.4 is 4.90 Å². The van der Waals surface area contributed by atoms with Gasteiger partial charge < -0.3 is 4.90 Å². The van der Waals surface area contributed by atoms with E-state index in [2.05, 4.69) is 227 Å². The minimum Gasteiger partial charge on any atom is -0.310 e. The van der Waals surface area contributed by atoms with Gasteiger partial charge in [0.2, 0.25) is 0 Å². The molecule has 0 fully saturated rings. The highest BCUT2D eigenvalue weighted by Crippen LogP contribution is 2.42. The first-order valence-corrected chi connectivity index (χ1v) is 22.2. The Labute approximate surface area is 376 Å². The van der Waals surface area contributed by atoms with Crippen LogP contribution in [0.3, 0.4) is 0 Å². The zero-order valence-electron chi connectivity index (χ0n) is 35.4. The minimum absolute atomic E-state index is 1.08. The summed E-state index contributed by atoms with van der Waals surface area (Å²) in [5, 5.41) is 17.1. The standard InChI is InChI=1S/C62H39N3/c1-2-7-43-34-44(13-12-40(43)6-1)45-20-27-54-46(35-45)14-15-47-36-52(26-29-55(47)54)65(50-22-16-41(17-23-50)53-10-5-11-59-56-30-32-63-38-48(56)21-28-61(53)59)51-24-18-42(19-25-51)62-37-49-39-64-33-31-57(49)58-8-3-4-9-60(58)62/h1-39H. The van der Waals surface area contributed by atoms with Crippen LogP contribution in [0.1, 0.15) is 0 Å². The van der Waals surface area contributed by atoms with Crippen molar-refractivity contribution in [3.63, 3.8) is 0 Å². The van der Waals surface area contributed by atoms with Gasteiger partial charge in [-0.1, -0.05) is 146 Å². The molecule has 13 rings (SSSR count). The molecule has 0 saturated heterocycles. The topological polar surface area (TPSA) is 29.0 Å². The quantitative estimate of drug-likeness (QED) is 0.156. The molecular weight excluding hydrogens is 787 g/mol. The van der Waals surface area contributed by atoms with E-state index in [1.807, 2.05) is 24.8 Å². The molecule has 3 heteroatoms. The van der Waals surface area contributed by atoms with E-state index in [1.165, 1.54) is 98.0 Å². The van der Waals surface area contributed by atoms with E-state index >= 15 is 0 Å². The Balaban J connectivity index is 0.918. The molecule has 0 aliphatic rings. The fourth-order valence-corrected chi connectivity index (χ4v) is 10.2. The second kappa shape index (κ2) is 15.0. The van der Waals surface area contributed by atoms with Crippen molar-refractivity contribution in [2.75, 3.05) is 4.90 Å². The first-order valence-electron chi connectivity index (χ1n) is 22.2. The van der Waals surface area contributed by atoms with Crippen molar-refractivity contribution in [2.45, 2.75) is 0 Å². The van der Waals surface area contributed by atoms with Gasteiger partial charge in [0, 0.05) is 52.6 Å². The largest absolute Gasteiger partial charge is 0.310 e. The number of benzene rings is 11. The van der Waals surface area contributed by atoms with Gasteiger partial charge >= 0.3 is 0 Å². The maximum Gasteiger partial charge on any atom is 0.0468 e. The van der Waals surface area contributed by atoms with Crippen molar-refractivity contribution in [3.8, 4) is 33.4 Å². The number of hydrogen-bond donors (Lipinski definition) is 0. The van der Waals surface area contributed by atoms with Gasteiger partial charge in [0.25, 0.3) is 0 Å². The number of hydrogen-bond acceptors (Lipinski definition) is 3. The van der Waals surface area contributed by atoms with Gasteiger partial charge in [0.05, 0.1) is 0 Å². The molecule has 0 aliphatic heterocycles. The van der Waals surface area contributed by atoms with E-state index < -0.39 is 0 Å². The zero-order valence-corrected chi connectivity index (χ0v) is 35.4. The third-order valence-electron chi connectivity index (χ3n) is 13.4. The molecule has 2 aromatic heterocycles. The highest BCUT2D eigenvalue weighted by molar-refractivity contribution is 6.14. The molecule has 0 radical (unpaired) electrons. The van der Waals surface area contributed by atoms with E-state index in [0.717, 1.165) is 27.8 Å². The maximum absolute atomic E-state index is 4.47. The van der Waals surface area contributed by atoms with Crippen LogP contribution in [0.15, 0.2) is 237 Å². The molecular formula is C62H39N3. The van der Waals surface area contributed by atoms with Gasteiger partial charge in [-0.2, -0.15) is 0 Å². The number of nitrogens with zero attached hydrogens (tertiary/aromatic N) is 3. The number of pyridine rings is 2. The molecule has 0 unspecified atom stereocenters. The molecule has 0 amide bonds. The average Bonchev–Trinajstić information content (AvgIpc) is 3.38. The molecule has 302 valence electrons. The van der Waals surface area contributed by atoms with Crippen molar-refractivity contribution >= 4 is 92.5 Å². The Morgan fingerprint density at radius 3 is 1.48 bits per heavy atom. The normalized spacial score (nSPS) is 11.7. The lowest BCUT2D eigenvalue weighted by Crippen LogP contribution is -2.10. The van der Waals surface area contributed by atoms with Crippen LogP contribution in [-0.2, 0) is 0 Å². The van der Waals surface area contributed by atoms with Crippen molar-refractivity contribution < 1.29 is 0 Å². The van der Waals surface area contributed by atoms with Gasteiger partial charge in [0.15, 0.2) is 0 Å². The van der Waals surface area contributed by atoms with Gasteiger partial charge in [-0.3, -0.25) is 9.97 Å². The summed E-state index contributed by atoms with van der Waals surface area (Å²) in [7, 11) is 0. The Morgan fingerprint density at radius 1 is 0.246 bits per heavy atom. The predicted octanol–water partition coefficient (Wildman–Crippen LogP) is 17.0. The van der Waals surface area contributed by atoms with Crippen LogP contribution in [-0.4, -0.2) is 9.97 Å². The van der Waals surface area contributed by atoms with Crippen molar-refractivity contribution in [2.24, 2.45) is 0 Å². The highest BCUT2D eigenvalue weighted by Gasteiger charge is 2.17. The van der Waals surface area contributed by atoms with Crippen LogP contribution in [0.5, 0.6) is 0 Å². The summed E-state index contributed by atoms with van der Waals surface area (Å²) in [5.74, 6) is 0. The summed E-state index contributed by atoms with van der Waals surface area (Å²) in [6.07, 6.45) is 7.67. The second-order valence-electron chi connectivity index (χ2n) is 17.0. The number of aromatic nitrogens is 2. The summed E-state index contributed by atoms with van der Waals surface area (Å²) in [5.41, 5.74) is 10.5. The Hall–Kier alpha value is -8.66. The fraction of sp³-hybridized carbons (Fsp3) is 0. The SMILES string of the molecule is c1ccc2cc(-c3ccc4c(ccc5cc(N(c6ccc(-c7cccc8c7ccc7cnccc78)cc6)c6ccc(-c7cc8cnccc8c8ccccc78)cc6)ccc54)c3)ccc2c1. The molecule has 3 nitrogen and oxygen atoms in total.